The van der Waals surface area contributed by atoms with Gasteiger partial charge in [-0.05, 0) is 55.0 Å². The molecule has 2 rings (SSSR count). The highest BCUT2D eigenvalue weighted by atomic mass is 35.5. The van der Waals surface area contributed by atoms with Crippen molar-refractivity contribution in [2.24, 2.45) is 5.92 Å². The highest BCUT2D eigenvalue weighted by Gasteiger charge is 2.20. The summed E-state index contributed by atoms with van der Waals surface area (Å²) in [5, 5.41) is 3.64. The number of unbranched alkanes of at least 4 members (excludes halogenated alkanes) is 1. The summed E-state index contributed by atoms with van der Waals surface area (Å²) in [4.78, 5) is 24.2. The number of esters is 1. The van der Waals surface area contributed by atoms with Crippen LogP contribution in [-0.2, 0) is 14.3 Å². The minimum Gasteiger partial charge on any atom is -0.466 e. The molecule has 2 unspecified atom stereocenters. The molecule has 0 spiro atoms. The summed E-state index contributed by atoms with van der Waals surface area (Å²) < 4.78 is 10.4. The first-order valence-corrected chi connectivity index (χ1v) is 11.3. The number of amides is 1. The van der Waals surface area contributed by atoms with Crippen molar-refractivity contribution in [1.82, 2.24) is 5.32 Å². The van der Waals surface area contributed by atoms with Crippen molar-refractivity contribution in [3.63, 3.8) is 0 Å². The van der Waals surface area contributed by atoms with E-state index in [2.05, 4.69) is 5.32 Å². The summed E-state index contributed by atoms with van der Waals surface area (Å²) in [5.74, 6) is -0.464. The number of hydrogen-bond acceptors (Lipinski definition) is 4. The lowest BCUT2D eigenvalue weighted by atomic mass is 9.95. The number of ether oxygens (including phenoxy) is 2. The van der Waals surface area contributed by atoms with Crippen molar-refractivity contribution in [3.05, 3.63) is 59.1 Å². The third-order valence-electron chi connectivity index (χ3n) is 5.07. The molecule has 1 N–H and O–H groups in total. The molecule has 0 aliphatic rings. The van der Waals surface area contributed by atoms with E-state index in [1.165, 1.54) is 0 Å². The van der Waals surface area contributed by atoms with Gasteiger partial charge >= 0.3 is 12.1 Å². The molecular weight excluding hydrogens is 414 g/mol. The van der Waals surface area contributed by atoms with Crippen LogP contribution in [0.2, 0.25) is 5.02 Å². The van der Waals surface area contributed by atoms with E-state index in [4.69, 9.17) is 21.1 Å². The summed E-state index contributed by atoms with van der Waals surface area (Å²) in [6, 6.07) is 15.4. The Hall–Kier alpha value is -2.53. The zero-order chi connectivity index (χ0) is 22.6. The lowest BCUT2D eigenvalue weighted by molar-refractivity contribution is -0.147. The second kappa shape index (κ2) is 13.0. The van der Waals surface area contributed by atoms with Crippen molar-refractivity contribution in [2.75, 3.05) is 13.2 Å². The number of nitrogens with one attached hydrogen (secondary N) is 1. The number of alkyl carbamates (subject to hydrolysis) is 1. The Balaban J connectivity index is 2.12. The van der Waals surface area contributed by atoms with Gasteiger partial charge in [0.05, 0.1) is 25.2 Å². The molecule has 0 saturated carbocycles. The molecule has 0 aromatic heterocycles. The zero-order valence-corrected chi connectivity index (χ0v) is 19.3. The summed E-state index contributed by atoms with van der Waals surface area (Å²) in [7, 11) is 0. The monoisotopic (exact) mass is 445 g/mol. The second-order valence-corrected chi connectivity index (χ2v) is 7.99. The van der Waals surface area contributed by atoms with E-state index < -0.39 is 6.09 Å². The maximum Gasteiger partial charge on any atom is 0.407 e. The van der Waals surface area contributed by atoms with E-state index in [0.29, 0.717) is 31.1 Å². The molecule has 0 aliphatic heterocycles. The smallest absolute Gasteiger partial charge is 0.407 e. The molecule has 0 aliphatic carbocycles. The van der Waals surface area contributed by atoms with Gasteiger partial charge in [-0.3, -0.25) is 4.79 Å². The van der Waals surface area contributed by atoms with E-state index >= 15 is 0 Å². The van der Waals surface area contributed by atoms with E-state index in [1.807, 2.05) is 62.4 Å². The molecule has 168 valence electrons. The molecule has 0 saturated heterocycles. The van der Waals surface area contributed by atoms with Crippen molar-refractivity contribution >= 4 is 23.7 Å². The van der Waals surface area contributed by atoms with E-state index in [0.717, 1.165) is 29.5 Å². The van der Waals surface area contributed by atoms with Crippen LogP contribution in [0.25, 0.3) is 11.1 Å². The zero-order valence-electron chi connectivity index (χ0n) is 18.5. The standard InChI is InChI=1S/C25H32ClNO4/c1-4-6-16-31-25(29)27-23(15-10-18(3)24(28)30-5-2)20-13-11-19(12-14-20)21-8-7-9-22(26)17-21/h7-9,11-14,17-18,23H,4-6,10,15-16H2,1-3H3,(H,27,29). The number of benzene rings is 2. The lowest BCUT2D eigenvalue weighted by Gasteiger charge is -2.21. The van der Waals surface area contributed by atoms with E-state index in [1.54, 1.807) is 6.92 Å². The van der Waals surface area contributed by atoms with Crippen LogP contribution in [0.5, 0.6) is 0 Å². The van der Waals surface area contributed by atoms with Crippen LogP contribution in [0.4, 0.5) is 4.79 Å². The van der Waals surface area contributed by atoms with Crippen molar-refractivity contribution < 1.29 is 19.1 Å². The normalized spacial score (nSPS) is 12.6. The number of carbonyl (C=O) groups is 2. The van der Waals surface area contributed by atoms with Gasteiger partial charge in [0, 0.05) is 5.02 Å². The van der Waals surface area contributed by atoms with Gasteiger partial charge < -0.3 is 14.8 Å². The van der Waals surface area contributed by atoms with E-state index in [9.17, 15) is 9.59 Å². The number of hydrogen-bond donors (Lipinski definition) is 1. The van der Waals surface area contributed by atoms with Crippen LogP contribution in [0, 0.1) is 5.92 Å². The SMILES string of the molecule is CCCCOC(=O)NC(CCC(C)C(=O)OCC)c1ccc(-c2cccc(Cl)c2)cc1. The Kier molecular flexibility index (Phi) is 10.4. The van der Waals surface area contributed by atoms with Crippen LogP contribution in [0.1, 0.15) is 58.1 Å². The molecule has 1 amide bonds. The molecule has 2 aromatic rings. The summed E-state index contributed by atoms with van der Waals surface area (Å²) in [5.41, 5.74) is 3.02. The quantitative estimate of drug-likeness (QED) is 0.314. The Morgan fingerprint density at radius 3 is 2.39 bits per heavy atom. The van der Waals surface area contributed by atoms with Crippen LogP contribution >= 0.6 is 11.6 Å². The third kappa shape index (κ3) is 8.25. The molecule has 31 heavy (non-hydrogen) atoms. The first-order chi connectivity index (χ1) is 14.9. The summed E-state index contributed by atoms with van der Waals surface area (Å²) in [6.45, 7) is 6.43. The van der Waals surface area contributed by atoms with Crippen LogP contribution < -0.4 is 5.32 Å². The molecule has 0 radical (unpaired) electrons. The largest absolute Gasteiger partial charge is 0.466 e. The summed E-state index contributed by atoms with van der Waals surface area (Å²) >= 11 is 6.11. The number of halogens is 1. The number of carbonyl (C=O) groups excluding carboxylic acids is 2. The average molecular weight is 446 g/mol. The summed E-state index contributed by atoms with van der Waals surface area (Å²) in [6.07, 6.45) is 2.53. The maximum absolute atomic E-state index is 12.3. The fraction of sp³-hybridized carbons (Fsp3) is 0.440. The molecule has 0 bridgehead atoms. The lowest BCUT2D eigenvalue weighted by Crippen LogP contribution is -2.30. The Morgan fingerprint density at radius 2 is 1.74 bits per heavy atom. The highest BCUT2D eigenvalue weighted by molar-refractivity contribution is 6.30. The van der Waals surface area contributed by atoms with Gasteiger partial charge in [0.15, 0.2) is 0 Å². The topological polar surface area (TPSA) is 64.6 Å². The second-order valence-electron chi connectivity index (χ2n) is 7.55. The fourth-order valence-corrected chi connectivity index (χ4v) is 3.40. The Labute approximate surface area is 190 Å². The van der Waals surface area contributed by atoms with Gasteiger partial charge in [0.1, 0.15) is 0 Å². The van der Waals surface area contributed by atoms with Crippen molar-refractivity contribution in [2.45, 2.75) is 52.5 Å². The molecule has 0 fully saturated rings. The van der Waals surface area contributed by atoms with E-state index in [-0.39, 0.29) is 17.9 Å². The van der Waals surface area contributed by atoms with Crippen LogP contribution in [-0.4, -0.2) is 25.3 Å². The molecular formula is C25H32ClNO4. The fourth-order valence-electron chi connectivity index (χ4n) is 3.21. The minimum absolute atomic E-state index is 0.219. The third-order valence-corrected chi connectivity index (χ3v) is 5.31. The van der Waals surface area contributed by atoms with Gasteiger partial charge in [-0.1, -0.05) is 68.3 Å². The molecule has 6 heteroatoms. The minimum atomic E-state index is -0.443. The molecule has 2 aromatic carbocycles. The molecule has 5 nitrogen and oxygen atoms in total. The van der Waals surface area contributed by atoms with Crippen molar-refractivity contribution in [1.29, 1.82) is 0 Å². The van der Waals surface area contributed by atoms with Gasteiger partial charge in [-0.15, -0.1) is 0 Å². The maximum atomic E-state index is 12.3. The molecule has 2 atom stereocenters. The van der Waals surface area contributed by atoms with Crippen LogP contribution in [0.3, 0.4) is 0 Å². The average Bonchev–Trinajstić information content (AvgIpc) is 2.77. The first-order valence-electron chi connectivity index (χ1n) is 10.9. The Bertz CT molecular complexity index is 838. The van der Waals surface area contributed by atoms with Gasteiger partial charge in [0.2, 0.25) is 0 Å². The number of rotatable bonds is 11. The first kappa shape index (κ1) is 24.7. The van der Waals surface area contributed by atoms with Gasteiger partial charge in [-0.2, -0.15) is 0 Å². The van der Waals surface area contributed by atoms with Crippen LogP contribution in [0.15, 0.2) is 48.5 Å². The predicted molar refractivity (Wildman–Crippen MR) is 124 cm³/mol. The van der Waals surface area contributed by atoms with Gasteiger partial charge in [0.25, 0.3) is 0 Å². The van der Waals surface area contributed by atoms with Gasteiger partial charge in [-0.25, -0.2) is 4.79 Å². The highest BCUT2D eigenvalue weighted by Crippen LogP contribution is 2.27. The predicted octanol–water partition coefficient (Wildman–Crippen LogP) is 6.55. The van der Waals surface area contributed by atoms with Crippen molar-refractivity contribution in [3.8, 4) is 11.1 Å². The Morgan fingerprint density at radius 1 is 1.00 bits per heavy atom. The molecule has 0 heterocycles.